The maximum atomic E-state index is 11.8. The minimum Gasteiger partial charge on any atom is -0.392 e. The number of allylic oxidation sites excluding steroid dienone is 2. The van der Waals surface area contributed by atoms with Crippen molar-refractivity contribution in [2.45, 2.75) is 279 Å². The van der Waals surface area contributed by atoms with E-state index in [0.29, 0.717) is 32.2 Å². The summed E-state index contributed by atoms with van der Waals surface area (Å²) >= 11 is 0. The summed E-state index contributed by atoms with van der Waals surface area (Å²) in [5.41, 5.74) is 8.61. The third-order valence-electron chi connectivity index (χ3n) is 18.9. The number of benzene rings is 2. The van der Waals surface area contributed by atoms with Gasteiger partial charge in [-0.1, -0.05) is 182 Å². The Bertz CT molecular complexity index is 2450. The maximum Gasteiger partial charge on any atom is 0.254 e. The summed E-state index contributed by atoms with van der Waals surface area (Å²) in [6, 6.07) is 15.9. The molecule has 7 heterocycles. The van der Waals surface area contributed by atoms with Gasteiger partial charge in [-0.15, -0.1) is 0 Å². The average Bonchev–Trinajstić information content (AvgIpc) is 1.81. The predicted molar refractivity (Wildman–Crippen MR) is 388 cm³/mol. The van der Waals surface area contributed by atoms with Gasteiger partial charge in [-0.3, -0.25) is 38.6 Å². The Labute approximate surface area is 567 Å². The van der Waals surface area contributed by atoms with Crippen LogP contribution in [0.4, 0.5) is 0 Å². The quantitative estimate of drug-likeness (QED) is 0.169. The summed E-state index contributed by atoms with van der Waals surface area (Å²) in [5.74, 6) is 3.66. The molecule has 6 amide bonds. The number of imide groups is 1. The highest BCUT2D eigenvalue weighted by atomic mass is 16.6. The second kappa shape index (κ2) is 47.1. The van der Waals surface area contributed by atoms with E-state index in [-0.39, 0.29) is 59.4 Å². The molecule has 0 radical (unpaired) electrons. The second-order valence-corrected chi connectivity index (χ2v) is 25.5. The van der Waals surface area contributed by atoms with Gasteiger partial charge in [0.15, 0.2) is 0 Å². The fourth-order valence-corrected chi connectivity index (χ4v) is 12.7. The van der Waals surface area contributed by atoms with E-state index >= 15 is 0 Å². The molecule has 15 nitrogen and oxygen atoms in total. The van der Waals surface area contributed by atoms with Crippen LogP contribution in [0, 0.1) is 29.6 Å². The van der Waals surface area contributed by atoms with Crippen molar-refractivity contribution in [3.63, 3.8) is 0 Å². The normalized spacial score (nSPS) is 23.2. The number of likely N-dealkylation sites (tertiary alicyclic amines) is 3. The molecule has 0 N–H and O–H groups in total. The van der Waals surface area contributed by atoms with Crippen molar-refractivity contribution < 1.29 is 33.6 Å². The topological polar surface area (TPSA) is 147 Å². The van der Waals surface area contributed by atoms with Crippen molar-refractivity contribution in [2.24, 2.45) is 34.7 Å². The number of piperazine rings is 1. The van der Waals surface area contributed by atoms with Crippen LogP contribution < -0.4 is 0 Å². The first-order chi connectivity index (χ1) is 44.5. The first kappa shape index (κ1) is 85.2. The van der Waals surface area contributed by atoms with Crippen LogP contribution in [0.15, 0.2) is 78.2 Å². The molecular weight excluding hydrogens is 1160 g/mol. The molecule has 8 atom stereocenters. The highest BCUT2D eigenvalue weighted by molar-refractivity contribution is 6.03. The first-order valence-corrected chi connectivity index (χ1v) is 36.8. The van der Waals surface area contributed by atoms with Crippen LogP contribution in [0.1, 0.15) is 268 Å². The third-order valence-corrected chi connectivity index (χ3v) is 18.9. The van der Waals surface area contributed by atoms with E-state index in [9.17, 15) is 28.8 Å². The number of hydrogen-bond donors (Lipinski definition) is 0. The van der Waals surface area contributed by atoms with Gasteiger partial charge in [-0.25, -0.2) is 0 Å². The summed E-state index contributed by atoms with van der Waals surface area (Å²) in [5, 5.41) is 3.92. The number of oxime groups is 1. The minimum absolute atomic E-state index is 0.00986. The molecule has 2 aromatic carbocycles. The number of nitrogens with zero attached hydrogens (tertiary/aromatic N) is 8. The molecule has 2 aromatic rings. The van der Waals surface area contributed by atoms with Crippen LogP contribution in [0.5, 0.6) is 0 Å². The molecule has 528 valence electrons. The SMILES string of the molecule is C=C1C(CC)CCN1CC.C=C1CC(CC)C(=O)N1CC.CCC.CCC.CCC1=NOC(CC)C1.CCC1CC(=O)N(CC)C1=O.CCC1CCC(CC)C1.CCN1C(=O)C(C)N(CC)C(=O)C1C.CCN1Cc2ccccc2C1.CCN1Cc2ccccc2C1=O. The minimum atomic E-state index is -0.302. The van der Waals surface area contributed by atoms with Gasteiger partial charge in [0.2, 0.25) is 29.5 Å². The van der Waals surface area contributed by atoms with E-state index < -0.39 is 0 Å². The number of rotatable bonds is 14. The van der Waals surface area contributed by atoms with E-state index in [1.54, 1.807) is 28.5 Å². The zero-order valence-electron chi connectivity index (χ0n) is 62.7. The van der Waals surface area contributed by atoms with Crippen molar-refractivity contribution in [1.29, 1.82) is 0 Å². The standard InChI is InChI=1S/C10H18N2O2.C10H11NO.C10H13N.C9H15NO.C9H17N.C9H18.C8H13NO2.C7H13NO.2C3H8/c1-5-11-7(3)10(14)12(6-2)8(4)9(11)13;1-2-11-7-8-5-3-4-6-9(8)10(11)12;1-2-11-7-9-5-3-4-6-10(9)8-11;1-4-8-6-7(3)10(5-2)9(8)11;1-4-9-6-7-10(5-2)8(9)3;1-3-8-5-6-9(4-2)7-8;1-3-6-5-7(10)9(4-2)8(6)11;1-3-6-5-7(4-2)9-8-6;2*1-3-2/h7-8H,5-6H2,1-4H3;3-6H,2,7H2,1H3;3-6H,2,7-8H2,1H3;8H,3-6H2,1-2H3;9H,3-7H2,1-2H3;8-9H,3-7H2,1-2H3;6H,3-5H2,1-2H3;7H,3-5H2,1-2H3;2*3H2,1-2H3. The molecule has 1 saturated carbocycles. The van der Waals surface area contributed by atoms with Crippen LogP contribution in [-0.2, 0) is 48.4 Å². The number of carbonyl (C=O) groups is 6. The van der Waals surface area contributed by atoms with Gasteiger partial charge < -0.3 is 29.3 Å². The molecule has 4 saturated heterocycles. The number of hydrogen-bond acceptors (Lipinski definition) is 10. The van der Waals surface area contributed by atoms with E-state index in [1.165, 1.54) is 91.8 Å². The lowest BCUT2D eigenvalue weighted by molar-refractivity contribution is -0.159. The Hall–Kier alpha value is -5.83. The van der Waals surface area contributed by atoms with Crippen molar-refractivity contribution in [2.75, 3.05) is 52.4 Å². The molecule has 10 rings (SSSR count). The van der Waals surface area contributed by atoms with E-state index in [4.69, 9.17) is 4.84 Å². The van der Waals surface area contributed by atoms with Crippen molar-refractivity contribution in [3.05, 3.63) is 95.3 Å². The van der Waals surface area contributed by atoms with Gasteiger partial charge in [0.05, 0.1) is 5.71 Å². The Morgan fingerprint density at radius 1 is 0.473 bits per heavy atom. The van der Waals surface area contributed by atoms with E-state index in [0.717, 1.165) is 119 Å². The average molecular weight is 1300 g/mol. The zero-order chi connectivity index (χ0) is 70.3. The van der Waals surface area contributed by atoms with Gasteiger partial charge in [-0.2, -0.15) is 0 Å². The predicted octanol–water partition coefficient (Wildman–Crippen LogP) is 17.0. The number of fused-ring (bicyclic) bond motifs is 2. The van der Waals surface area contributed by atoms with Crippen LogP contribution in [0.3, 0.4) is 0 Å². The molecule has 0 aromatic heterocycles. The number of carbonyl (C=O) groups excluding carboxylic acids is 6. The third kappa shape index (κ3) is 26.7. The number of amides is 6. The van der Waals surface area contributed by atoms with Crippen LogP contribution in [0.2, 0.25) is 0 Å². The molecule has 0 spiro atoms. The number of likely N-dealkylation sites (N-methyl/N-ethyl adjacent to an activating group) is 2. The highest BCUT2D eigenvalue weighted by Crippen LogP contribution is 2.35. The fourth-order valence-electron chi connectivity index (χ4n) is 12.7. The molecule has 1 aliphatic carbocycles. The van der Waals surface area contributed by atoms with Crippen LogP contribution in [-0.4, -0.2) is 146 Å². The Balaban J connectivity index is 0.000000526. The van der Waals surface area contributed by atoms with Gasteiger partial charge in [0.25, 0.3) is 5.91 Å². The molecule has 8 unspecified atom stereocenters. The van der Waals surface area contributed by atoms with Crippen LogP contribution >= 0.6 is 0 Å². The summed E-state index contributed by atoms with van der Waals surface area (Å²) in [6.45, 7) is 59.1. The first-order valence-electron chi connectivity index (χ1n) is 36.8. The van der Waals surface area contributed by atoms with Crippen molar-refractivity contribution in [1.82, 2.24) is 34.3 Å². The molecular formula is C78H134N8O7. The Kier molecular flexibility index (Phi) is 43.2. The molecule has 15 heteroatoms. The monoisotopic (exact) mass is 1300 g/mol. The summed E-state index contributed by atoms with van der Waals surface area (Å²) < 4.78 is 0. The zero-order valence-corrected chi connectivity index (χ0v) is 62.7. The van der Waals surface area contributed by atoms with Gasteiger partial charge in [-0.05, 0) is 154 Å². The molecule has 8 aliphatic rings. The lowest BCUT2D eigenvalue weighted by Gasteiger charge is -2.41. The lowest BCUT2D eigenvalue weighted by Crippen LogP contribution is -2.62. The molecule has 7 aliphatic heterocycles. The molecule has 93 heavy (non-hydrogen) atoms. The molecule has 5 fully saturated rings. The smallest absolute Gasteiger partial charge is 0.254 e. The van der Waals surface area contributed by atoms with Crippen molar-refractivity contribution in [3.8, 4) is 0 Å². The van der Waals surface area contributed by atoms with Gasteiger partial charge >= 0.3 is 0 Å². The van der Waals surface area contributed by atoms with Crippen molar-refractivity contribution >= 4 is 41.2 Å². The Morgan fingerprint density at radius 3 is 1.25 bits per heavy atom. The second-order valence-electron chi connectivity index (χ2n) is 25.5. The Morgan fingerprint density at radius 2 is 0.935 bits per heavy atom. The van der Waals surface area contributed by atoms with Gasteiger partial charge in [0.1, 0.15) is 18.2 Å². The maximum absolute atomic E-state index is 11.8. The van der Waals surface area contributed by atoms with Gasteiger partial charge in [0, 0.05) is 107 Å². The highest BCUT2D eigenvalue weighted by Gasteiger charge is 2.40. The fraction of sp³-hybridized carbons (Fsp3) is 0.705. The van der Waals surface area contributed by atoms with E-state index in [1.807, 2.05) is 70.7 Å². The summed E-state index contributed by atoms with van der Waals surface area (Å²) in [7, 11) is 0. The largest absolute Gasteiger partial charge is 0.392 e. The molecule has 0 bridgehead atoms. The lowest BCUT2D eigenvalue weighted by atomic mass is 10.0. The summed E-state index contributed by atoms with van der Waals surface area (Å²) in [6.07, 6.45) is 19.0. The van der Waals surface area contributed by atoms with E-state index in [2.05, 4.69) is 135 Å². The summed E-state index contributed by atoms with van der Waals surface area (Å²) in [4.78, 5) is 87.2. The van der Waals surface area contributed by atoms with Crippen LogP contribution in [0.25, 0.3) is 0 Å².